The number of hydrogen-bond acceptors (Lipinski definition) is 7. The molecule has 0 radical (unpaired) electrons. The van der Waals surface area contributed by atoms with Crippen molar-refractivity contribution in [3.63, 3.8) is 0 Å². The zero-order valence-corrected chi connectivity index (χ0v) is 28.6. The van der Waals surface area contributed by atoms with Gasteiger partial charge in [0.2, 0.25) is 0 Å². The van der Waals surface area contributed by atoms with Gasteiger partial charge in [-0.2, -0.15) is 0 Å². The predicted octanol–water partition coefficient (Wildman–Crippen LogP) is 6.62. The standard InChI is InChI=1S/C36H63NO7/c1-6-8-10-12-14-16-17-18-19-21-22-24-26-34(38)43-31-32(30-42-29-28-33(36(40)41)37(3,4)5)44-35(39)27-25-23-20-15-13-11-9-7-2/h8,10,14,16,18-19,32-33H,6-7,9,11-13,15,17,20-31H2,1-5H3/b10-8+,16-14+,19-18+. The van der Waals surface area contributed by atoms with E-state index in [-0.39, 0.29) is 42.7 Å². The van der Waals surface area contributed by atoms with Crippen LogP contribution in [0.3, 0.4) is 0 Å². The van der Waals surface area contributed by atoms with Crippen LogP contribution in [0.15, 0.2) is 36.5 Å². The van der Waals surface area contributed by atoms with E-state index in [1.54, 1.807) is 21.1 Å². The topological polar surface area (TPSA) is 102 Å². The van der Waals surface area contributed by atoms with Crippen molar-refractivity contribution in [2.24, 2.45) is 0 Å². The maximum Gasteiger partial charge on any atom is 0.306 e. The summed E-state index contributed by atoms with van der Waals surface area (Å²) < 4.78 is 16.9. The zero-order chi connectivity index (χ0) is 32.9. The second-order valence-corrected chi connectivity index (χ2v) is 12.4. The van der Waals surface area contributed by atoms with Gasteiger partial charge in [-0.05, 0) is 44.9 Å². The van der Waals surface area contributed by atoms with E-state index in [0.29, 0.717) is 12.8 Å². The number of likely N-dealkylation sites (N-methyl/N-ethyl adjacent to an activating group) is 1. The fourth-order valence-electron chi connectivity index (χ4n) is 4.61. The number of carbonyl (C=O) groups excluding carboxylic acids is 3. The van der Waals surface area contributed by atoms with Crippen molar-refractivity contribution in [3.8, 4) is 0 Å². The fourth-order valence-corrected chi connectivity index (χ4v) is 4.61. The SMILES string of the molecule is CC/C=C/C/C=C/C/C=C/CCCCC(=O)OCC(COCCC(C(=O)[O-])[N+](C)(C)C)OC(=O)CCCCCCCCCC. The number of hydrogen-bond donors (Lipinski definition) is 0. The second kappa shape index (κ2) is 28.1. The van der Waals surface area contributed by atoms with Gasteiger partial charge >= 0.3 is 11.9 Å². The molecule has 0 heterocycles. The molecule has 0 spiro atoms. The lowest BCUT2D eigenvalue weighted by Crippen LogP contribution is -2.55. The Labute approximate surface area is 268 Å². The molecule has 44 heavy (non-hydrogen) atoms. The number of carboxylic acid groups (broad SMARTS) is 1. The fraction of sp³-hybridized carbons (Fsp3) is 0.750. The molecule has 0 bridgehead atoms. The maximum atomic E-state index is 12.5. The van der Waals surface area contributed by atoms with E-state index < -0.39 is 18.1 Å². The summed E-state index contributed by atoms with van der Waals surface area (Å²) in [7, 11) is 5.37. The van der Waals surface area contributed by atoms with Gasteiger partial charge in [-0.1, -0.05) is 95.2 Å². The van der Waals surface area contributed by atoms with E-state index in [2.05, 4.69) is 50.3 Å². The number of nitrogens with zero attached hydrogens (tertiary/aromatic N) is 1. The minimum Gasteiger partial charge on any atom is -0.544 e. The van der Waals surface area contributed by atoms with Gasteiger partial charge in [-0.3, -0.25) is 9.59 Å². The first-order chi connectivity index (χ1) is 21.1. The molecule has 2 atom stereocenters. The van der Waals surface area contributed by atoms with E-state index in [1.807, 2.05) is 0 Å². The lowest BCUT2D eigenvalue weighted by Gasteiger charge is -2.34. The van der Waals surface area contributed by atoms with Crippen LogP contribution in [0.1, 0.15) is 123 Å². The van der Waals surface area contributed by atoms with Crippen LogP contribution in [0.2, 0.25) is 0 Å². The van der Waals surface area contributed by atoms with Gasteiger partial charge in [0.15, 0.2) is 6.10 Å². The quantitative estimate of drug-likeness (QED) is 0.0400. The zero-order valence-electron chi connectivity index (χ0n) is 28.6. The predicted molar refractivity (Wildman–Crippen MR) is 176 cm³/mol. The number of allylic oxidation sites excluding steroid dienone is 6. The third kappa shape index (κ3) is 26.0. The lowest BCUT2D eigenvalue weighted by molar-refractivity contribution is -0.889. The Kier molecular flexibility index (Phi) is 26.5. The first kappa shape index (κ1) is 41.5. The summed E-state index contributed by atoms with van der Waals surface area (Å²) in [5.41, 5.74) is 0. The third-order valence-electron chi connectivity index (χ3n) is 7.29. The van der Waals surface area contributed by atoms with E-state index in [0.717, 1.165) is 57.8 Å². The minimum absolute atomic E-state index is 0.0293. The molecule has 0 aliphatic heterocycles. The summed E-state index contributed by atoms with van der Waals surface area (Å²) in [6.07, 6.45) is 27.6. The number of unbranched alkanes of at least 4 members (excludes halogenated alkanes) is 9. The molecule has 0 aromatic rings. The smallest absolute Gasteiger partial charge is 0.306 e. The molecule has 0 N–H and O–H groups in total. The van der Waals surface area contributed by atoms with Crippen LogP contribution in [0, 0.1) is 0 Å². The molecule has 0 aromatic heterocycles. The van der Waals surface area contributed by atoms with Gasteiger partial charge < -0.3 is 28.6 Å². The van der Waals surface area contributed by atoms with Crippen LogP contribution in [0.5, 0.6) is 0 Å². The van der Waals surface area contributed by atoms with Crippen molar-refractivity contribution in [2.75, 3.05) is 41.0 Å². The van der Waals surface area contributed by atoms with Crippen molar-refractivity contribution < 1.29 is 38.2 Å². The van der Waals surface area contributed by atoms with Crippen LogP contribution in [0.25, 0.3) is 0 Å². The molecule has 0 aliphatic rings. The van der Waals surface area contributed by atoms with Crippen molar-refractivity contribution in [1.82, 2.24) is 0 Å². The highest BCUT2D eigenvalue weighted by atomic mass is 16.6. The van der Waals surface area contributed by atoms with Gasteiger partial charge in [0.05, 0.1) is 40.3 Å². The van der Waals surface area contributed by atoms with Crippen LogP contribution in [-0.4, -0.2) is 75.5 Å². The van der Waals surface area contributed by atoms with Gasteiger partial charge in [0, 0.05) is 19.3 Å². The second-order valence-electron chi connectivity index (χ2n) is 12.4. The highest BCUT2D eigenvalue weighted by Crippen LogP contribution is 2.12. The normalized spacial score (nSPS) is 13.6. The summed E-state index contributed by atoms with van der Waals surface area (Å²) in [5.74, 6) is -1.80. The van der Waals surface area contributed by atoms with E-state index in [1.165, 1.54) is 32.1 Å². The number of quaternary nitrogens is 1. The largest absolute Gasteiger partial charge is 0.544 e. The summed E-state index contributed by atoms with van der Waals surface area (Å²) in [4.78, 5) is 36.4. The monoisotopic (exact) mass is 621 g/mol. The van der Waals surface area contributed by atoms with Crippen LogP contribution >= 0.6 is 0 Å². The van der Waals surface area contributed by atoms with Gasteiger partial charge in [0.25, 0.3) is 0 Å². The van der Waals surface area contributed by atoms with E-state index in [9.17, 15) is 19.5 Å². The van der Waals surface area contributed by atoms with E-state index in [4.69, 9.17) is 14.2 Å². The van der Waals surface area contributed by atoms with Gasteiger partial charge in [0.1, 0.15) is 12.6 Å². The number of carbonyl (C=O) groups is 3. The van der Waals surface area contributed by atoms with Crippen molar-refractivity contribution in [1.29, 1.82) is 0 Å². The Morgan fingerprint density at radius 1 is 0.705 bits per heavy atom. The third-order valence-corrected chi connectivity index (χ3v) is 7.29. The Bertz CT molecular complexity index is 829. The molecule has 254 valence electrons. The molecule has 0 aromatic carbocycles. The van der Waals surface area contributed by atoms with Crippen molar-refractivity contribution in [3.05, 3.63) is 36.5 Å². The number of aliphatic carboxylic acids is 1. The molecular formula is C36H63NO7. The summed E-state index contributed by atoms with van der Waals surface area (Å²) >= 11 is 0. The highest BCUT2D eigenvalue weighted by Gasteiger charge is 2.25. The average Bonchev–Trinajstić information content (AvgIpc) is 2.96. The van der Waals surface area contributed by atoms with Gasteiger partial charge in [-0.25, -0.2) is 0 Å². The number of carboxylic acids is 1. The molecule has 0 aliphatic carbocycles. The molecule has 0 saturated carbocycles. The Morgan fingerprint density at radius 2 is 1.27 bits per heavy atom. The first-order valence-electron chi connectivity index (χ1n) is 17.0. The Morgan fingerprint density at radius 3 is 1.89 bits per heavy atom. The molecule has 0 saturated heterocycles. The molecule has 0 rings (SSSR count). The summed E-state index contributed by atoms with van der Waals surface area (Å²) in [6.45, 7) is 4.44. The van der Waals surface area contributed by atoms with Crippen LogP contribution in [-0.2, 0) is 28.6 Å². The highest BCUT2D eigenvalue weighted by molar-refractivity contribution is 5.70. The minimum atomic E-state index is -1.13. The molecule has 2 unspecified atom stereocenters. The van der Waals surface area contributed by atoms with Crippen LogP contribution in [0.4, 0.5) is 0 Å². The lowest BCUT2D eigenvalue weighted by atomic mass is 10.1. The molecule has 8 nitrogen and oxygen atoms in total. The number of rotatable bonds is 29. The molecule has 0 amide bonds. The Hall–Kier alpha value is -2.45. The summed E-state index contributed by atoms with van der Waals surface area (Å²) in [6, 6.07) is -0.727. The number of esters is 2. The number of ether oxygens (including phenoxy) is 3. The van der Waals surface area contributed by atoms with Crippen LogP contribution < -0.4 is 5.11 Å². The molecular weight excluding hydrogens is 558 g/mol. The summed E-state index contributed by atoms with van der Waals surface area (Å²) in [5, 5.41) is 11.5. The Balaban J connectivity index is 4.53. The maximum absolute atomic E-state index is 12.5. The molecule has 8 heteroatoms. The van der Waals surface area contributed by atoms with Crippen molar-refractivity contribution in [2.45, 2.75) is 135 Å². The van der Waals surface area contributed by atoms with Crippen molar-refractivity contribution >= 4 is 17.9 Å². The molecule has 0 fully saturated rings. The van der Waals surface area contributed by atoms with E-state index >= 15 is 0 Å². The average molecular weight is 622 g/mol. The first-order valence-corrected chi connectivity index (χ1v) is 17.0. The van der Waals surface area contributed by atoms with Gasteiger partial charge in [-0.15, -0.1) is 0 Å².